The summed E-state index contributed by atoms with van der Waals surface area (Å²) in [6.45, 7) is 1.85. The lowest BCUT2D eigenvalue weighted by Gasteiger charge is -2.13. The Bertz CT molecular complexity index is 655. The Hall–Kier alpha value is -2.53. The third-order valence-electron chi connectivity index (χ3n) is 3.85. The van der Waals surface area contributed by atoms with Gasteiger partial charge >= 0.3 is 6.03 Å². The molecule has 1 saturated heterocycles. The van der Waals surface area contributed by atoms with Crippen LogP contribution in [-0.4, -0.2) is 25.3 Å². The van der Waals surface area contributed by atoms with E-state index in [-0.39, 0.29) is 12.1 Å². The smallest absolute Gasteiger partial charge is 0.319 e. The van der Waals surface area contributed by atoms with Crippen LogP contribution in [0.5, 0.6) is 5.75 Å². The van der Waals surface area contributed by atoms with E-state index in [2.05, 4.69) is 10.6 Å². The van der Waals surface area contributed by atoms with Gasteiger partial charge in [0.15, 0.2) is 0 Å². The highest BCUT2D eigenvalue weighted by molar-refractivity contribution is 5.89. The molecule has 0 spiro atoms. The topological polar surface area (TPSA) is 59.6 Å². The van der Waals surface area contributed by atoms with Crippen molar-refractivity contribution in [1.82, 2.24) is 5.32 Å². The van der Waals surface area contributed by atoms with Crippen molar-refractivity contribution in [2.45, 2.75) is 25.5 Å². The van der Waals surface area contributed by atoms with E-state index in [1.165, 1.54) is 0 Å². The fourth-order valence-corrected chi connectivity index (χ4v) is 2.58. The summed E-state index contributed by atoms with van der Waals surface area (Å²) < 4.78 is 11.3. The number of hydrogen-bond acceptors (Lipinski definition) is 3. The highest BCUT2D eigenvalue weighted by Gasteiger charge is 2.16. The molecule has 2 aromatic carbocycles. The van der Waals surface area contributed by atoms with Crippen LogP contribution in [0.25, 0.3) is 0 Å². The highest BCUT2D eigenvalue weighted by atomic mass is 16.5. The van der Waals surface area contributed by atoms with Gasteiger partial charge in [-0.1, -0.05) is 36.4 Å². The molecule has 0 radical (unpaired) electrons. The van der Waals surface area contributed by atoms with Crippen LogP contribution in [0.4, 0.5) is 10.5 Å². The summed E-state index contributed by atoms with van der Waals surface area (Å²) in [5.41, 5.74) is 1.76. The average molecular weight is 326 g/mol. The predicted molar refractivity (Wildman–Crippen MR) is 93.2 cm³/mol. The van der Waals surface area contributed by atoms with Gasteiger partial charge in [0.1, 0.15) is 12.4 Å². The molecular formula is C19H22N2O3. The van der Waals surface area contributed by atoms with Gasteiger partial charge in [0.2, 0.25) is 0 Å². The van der Waals surface area contributed by atoms with Crippen molar-refractivity contribution in [3.05, 3.63) is 60.2 Å². The van der Waals surface area contributed by atoms with Gasteiger partial charge in [0, 0.05) is 24.9 Å². The number of anilines is 1. The molecule has 1 heterocycles. The number of rotatable bonds is 6. The summed E-state index contributed by atoms with van der Waals surface area (Å²) in [7, 11) is 0. The van der Waals surface area contributed by atoms with Crippen LogP contribution in [0, 0.1) is 0 Å². The van der Waals surface area contributed by atoms with Crippen LogP contribution >= 0.6 is 0 Å². The van der Waals surface area contributed by atoms with E-state index in [9.17, 15) is 4.79 Å². The van der Waals surface area contributed by atoms with E-state index in [0.29, 0.717) is 18.8 Å². The molecule has 1 fully saturated rings. The van der Waals surface area contributed by atoms with Gasteiger partial charge in [0.25, 0.3) is 0 Å². The summed E-state index contributed by atoms with van der Waals surface area (Å²) in [5, 5.41) is 5.65. The minimum atomic E-state index is -0.241. The molecule has 1 atom stereocenters. The SMILES string of the molecule is O=C(NCc1ccccc1)Nc1cccc(OC[C@H]2CCCO2)c1. The first-order valence-corrected chi connectivity index (χ1v) is 8.23. The van der Waals surface area contributed by atoms with Gasteiger partial charge in [-0.3, -0.25) is 0 Å². The molecular weight excluding hydrogens is 304 g/mol. The molecule has 0 aliphatic carbocycles. The van der Waals surface area contributed by atoms with Gasteiger partial charge in [-0.2, -0.15) is 0 Å². The summed E-state index contributed by atoms with van der Waals surface area (Å²) >= 11 is 0. The monoisotopic (exact) mass is 326 g/mol. The number of hydrogen-bond donors (Lipinski definition) is 2. The van der Waals surface area contributed by atoms with Crippen molar-refractivity contribution >= 4 is 11.7 Å². The lowest BCUT2D eigenvalue weighted by molar-refractivity contribution is 0.0680. The van der Waals surface area contributed by atoms with E-state index in [0.717, 1.165) is 30.8 Å². The maximum atomic E-state index is 12.0. The Balaban J connectivity index is 1.47. The lowest BCUT2D eigenvalue weighted by Crippen LogP contribution is -2.28. The van der Waals surface area contributed by atoms with Crippen molar-refractivity contribution in [3.8, 4) is 5.75 Å². The van der Waals surface area contributed by atoms with Crippen molar-refractivity contribution in [1.29, 1.82) is 0 Å². The molecule has 0 aromatic heterocycles. The van der Waals surface area contributed by atoms with Crippen molar-refractivity contribution in [2.24, 2.45) is 0 Å². The van der Waals surface area contributed by atoms with Crippen LogP contribution in [-0.2, 0) is 11.3 Å². The number of ether oxygens (including phenoxy) is 2. The zero-order valence-corrected chi connectivity index (χ0v) is 13.5. The first-order chi connectivity index (χ1) is 11.8. The minimum Gasteiger partial charge on any atom is -0.491 e. The molecule has 0 unspecified atom stereocenters. The summed E-state index contributed by atoms with van der Waals surface area (Å²) in [6, 6.07) is 16.9. The highest BCUT2D eigenvalue weighted by Crippen LogP contribution is 2.19. The van der Waals surface area contributed by atoms with E-state index < -0.39 is 0 Å². The van der Waals surface area contributed by atoms with Gasteiger partial charge in [-0.15, -0.1) is 0 Å². The molecule has 2 N–H and O–H groups in total. The van der Waals surface area contributed by atoms with Gasteiger partial charge < -0.3 is 20.1 Å². The molecule has 24 heavy (non-hydrogen) atoms. The molecule has 2 aromatic rings. The van der Waals surface area contributed by atoms with Crippen LogP contribution < -0.4 is 15.4 Å². The Kier molecular flexibility index (Phi) is 5.69. The fraction of sp³-hybridized carbons (Fsp3) is 0.316. The zero-order valence-electron chi connectivity index (χ0n) is 13.5. The maximum Gasteiger partial charge on any atom is 0.319 e. The fourth-order valence-electron chi connectivity index (χ4n) is 2.58. The van der Waals surface area contributed by atoms with E-state index in [1.54, 1.807) is 0 Å². The normalized spacial score (nSPS) is 16.6. The van der Waals surface area contributed by atoms with Gasteiger partial charge in [-0.05, 0) is 30.5 Å². The van der Waals surface area contributed by atoms with Crippen LogP contribution in [0.15, 0.2) is 54.6 Å². The molecule has 3 rings (SSSR count). The van der Waals surface area contributed by atoms with Crippen LogP contribution in [0.1, 0.15) is 18.4 Å². The Morgan fingerprint density at radius 1 is 1.17 bits per heavy atom. The summed E-state index contributed by atoms with van der Waals surface area (Å²) in [6.07, 6.45) is 2.31. The largest absolute Gasteiger partial charge is 0.491 e. The maximum absolute atomic E-state index is 12.0. The third kappa shape index (κ3) is 4.99. The number of carbonyl (C=O) groups is 1. The number of urea groups is 1. The van der Waals surface area contributed by atoms with Crippen LogP contribution in [0.3, 0.4) is 0 Å². The Labute approximate surface area is 142 Å². The number of nitrogens with one attached hydrogen (secondary N) is 2. The average Bonchev–Trinajstić information content (AvgIpc) is 3.13. The van der Waals surface area contributed by atoms with Crippen molar-refractivity contribution < 1.29 is 14.3 Å². The lowest BCUT2D eigenvalue weighted by atomic mass is 10.2. The molecule has 5 nitrogen and oxygen atoms in total. The Morgan fingerprint density at radius 3 is 2.83 bits per heavy atom. The van der Waals surface area contributed by atoms with Gasteiger partial charge in [-0.25, -0.2) is 4.79 Å². The second-order valence-corrected chi connectivity index (χ2v) is 5.77. The number of benzene rings is 2. The van der Waals surface area contributed by atoms with Crippen LogP contribution in [0.2, 0.25) is 0 Å². The quantitative estimate of drug-likeness (QED) is 0.853. The first kappa shape index (κ1) is 16.3. The molecule has 0 saturated carbocycles. The van der Waals surface area contributed by atoms with E-state index >= 15 is 0 Å². The molecule has 1 aliphatic rings. The molecule has 0 bridgehead atoms. The summed E-state index contributed by atoms with van der Waals surface area (Å²) in [4.78, 5) is 12.0. The molecule has 2 amide bonds. The predicted octanol–water partition coefficient (Wildman–Crippen LogP) is 3.57. The van der Waals surface area contributed by atoms with E-state index in [1.807, 2.05) is 54.6 Å². The molecule has 126 valence electrons. The first-order valence-electron chi connectivity index (χ1n) is 8.23. The molecule has 1 aliphatic heterocycles. The van der Waals surface area contributed by atoms with Crippen molar-refractivity contribution in [2.75, 3.05) is 18.5 Å². The van der Waals surface area contributed by atoms with Gasteiger partial charge in [0.05, 0.1) is 6.10 Å². The second-order valence-electron chi connectivity index (χ2n) is 5.77. The second kappa shape index (κ2) is 8.36. The molecule has 5 heteroatoms. The Morgan fingerprint density at radius 2 is 2.04 bits per heavy atom. The standard InChI is InChI=1S/C19H22N2O3/c22-19(20-13-15-6-2-1-3-7-15)21-16-8-4-9-17(12-16)24-14-18-10-5-11-23-18/h1-4,6-9,12,18H,5,10-11,13-14H2,(H2,20,21,22)/t18-/m1/s1. The van der Waals surface area contributed by atoms with E-state index in [4.69, 9.17) is 9.47 Å². The third-order valence-corrected chi connectivity index (χ3v) is 3.85. The number of amides is 2. The van der Waals surface area contributed by atoms with Crippen molar-refractivity contribution in [3.63, 3.8) is 0 Å². The summed E-state index contributed by atoms with van der Waals surface area (Å²) in [5.74, 6) is 0.728. The number of carbonyl (C=O) groups excluding carboxylic acids is 1. The zero-order chi connectivity index (χ0) is 16.6. The minimum absolute atomic E-state index is 0.177.